The molecule has 8 rings (SSSR count). The summed E-state index contributed by atoms with van der Waals surface area (Å²) in [6, 6.07) is 0. The van der Waals surface area contributed by atoms with Gasteiger partial charge < -0.3 is 0 Å². The van der Waals surface area contributed by atoms with Crippen molar-refractivity contribution in [1.82, 2.24) is 0 Å². The Labute approximate surface area is 160 Å². The van der Waals surface area contributed by atoms with E-state index in [1.165, 1.54) is 0 Å². The minimum absolute atomic E-state index is 0.634. The SMILES string of the molecule is CC1C2CC3C4C5C6C7C8CC(C)(C2)C8(C)C7(C)C6(C)C5(C)C4(C)C13C. The van der Waals surface area contributed by atoms with Crippen molar-refractivity contribution in [2.75, 3.05) is 0 Å². The van der Waals surface area contributed by atoms with E-state index in [9.17, 15) is 0 Å². The van der Waals surface area contributed by atoms with Crippen molar-refractivity contribution in [2.45, 2.75) is 74.7 Å². The number of fused-ring (bicyclic) bond motifs is 6. The molecule has 142 valence electrons. The Morgan fingerprint density at radius 2 is 1.12 bits per heavy atom. The molecule has 15 atom stereocenters. The van der Waals surface area contributed by atoms with Crippen molar-refractivity contribution in [3.63, 3.8) is 0 Å². The summed E-state index contributed by atoms with van der Waals surface area (Å²) in [4.78, 5) is 0. The second-order valence-corrected chi connectivity index (χ2v) is 14.4. The van der Waals surface area contributed by atoms with Gasteiger partial charge >= 0.3 is 0 Å². The van der Waals surface area contributed by atoms with Crippen molar-refractivity contribution >= 4 is 0 Å². The maximum atomic E-state index is 2.81. The molecule has 0 radical (unpaired) electrons. The number of rotatable bonds is 0. The van der Waals surface area contributed by atoms with Crippen LogP contribution < -0.4 is 0 Å². The molecular formula is C26H38. The van der Waals surface area contributed by atoms with Gasteiger partial charge in [-0.25, -0.2) is 0 Å². The Hall–Kier alpha value is 0. The molecule has 0 heteroatoms. The van der Waals surface area contributed by atoms with Gasteiger partial charge in [0.25, 0.3) is 0 Å². The lowest BCUT2D eigenvalue weighted by atomic mass is 8.96. The summed E-state index contributed by atoms with van der Waals surface area (Å²) in [5.41, 5.74) is 4.47. The van der Waals surface area contributed by atoms with E-state index in [-0.39, 0.29) is 0 Å². The smallest absolute Gasteiger partial charge is 0.0167 e. The fourth-order valence-corrected chi connectivity index (χ4v) is 15.2. The van der Waals surface area contributed by atoms with Crippen LogP contribution in [0.25, 0.3) is 0 Å². The highest BCUT2D eigenvalue weighted by molar-refractivity contribution is 5.52. The van der Waals surface area contributed by atoms with E-state index in [0.29, 0.717) is 37.9 Å². The van der Waals surface area contributed by atoms with Gasteiger partial charge in [-0.05, 0) is 105 Å². The average Bonchev–Trinajstić information content (AvgIpc) is 2.81. The summed E-state index contributed by atoms with van der Waals surface area (Å²) in [7, 11) is 0. The van der Waals surface area contributed by atoms with Gasteiger partial charge in [0.05, 0.1) is 0 Å². The van der Waals surface area contributed by atoms with Gasteiger partial charge in [0.2, 0.25) is 0 Å². The molecule has 8 fully saturated rings. The molecule has 0 N–H and O–H groups in total. The molecule has 2 bridgehead atoms. The first kappa shape index (κ1) is 14.9. The van der Waals surface area contributed by atoms with E-state index >= 15 is 0 Å². The summed E-state index contributed by atoms with van der Waals surface area (Å²) in [6.07, 6.45) is 4.72. The Kier molecular flexibility index (Phi) is 1.74. The van der Waals surface area contributed by atoms with Crippen molar-refractivity contribution in [2.24, 2.45) is 85.2 Å². The van der Waals surface area contributed by atoms with Crippen molar-refractivity contribution in [3.05, 3.63) is 0 Å². The average molecular weight is 351 g/mol. The molecule has 26 heavy (non-hydrogen) atoms. The molecule has 8 saturated carbocycles. The molecule has 0 spiro atoms. The summed E-state index contributed by atoms with van der Waals surface area (Å²) >= 11 is 0. The molecule has 15 unspecified atom stereocenters. The van der Waals surface area contributed by atoms with Gasteiger partial charge in [-0.3, -0.25) is 0 Å². The molecule has 0 aromatic heterocycles. The molecular weight excluding hydrogens is 312 g/mol. The van der Waals surface area contributed by atoms with Gasteiger partial charge in [-0.1, -0.05) is 55.4 Å². The highest BCUT2D eigenvalue weighted by Crippen LogP contribution is 3.09. The third kappa shape index (κ3) is 0.707. The van der Waals surface area contributed by atoms with Crippen LogP contribution in [0.3, 0.4) is 0 Å². The van der Waals surface area contributed by atoms with E-state index in [1.54, 1.807) is 19.3 Å². The van der Waals surface area contributed by atoms with Crippen LogP contribution in [0.2, 0.25) is 0 Å². The second-order valence-electron chi connectivity index (χ2n) is 14.4. The Morgan fingerprint density at radius 1 is 0.577 bits per heavy atom. The molecule has 0 amide bonds. The maximum Gasteiger partial charge on any atom is -0.0167 e. The minimum atomic E-state index is 0.634. The van der Waals surface area contributed by atoms with Gasteiger partial charge in [-0.2, -0.15) is 0 Å². The van der Waals surface area contributed by atoms with Gasteiger partial charge in [0, 0.05) is 0 Å². The van der Waals surface area contributed by atoms with E-state index in [0.717, 1.165) is 47.3 Å². The third-order valence-electron chi connectivity index (χ3n) is 16.5. The van der Waals surface area contributed by atoms with Gasteiger partial charge in [0.15, 0.2) is 0 Å². The lowest BCUT2D eigenvalue weighted by Gasteiger charge is -3.07. The van der Waals surface area contributed by atoms with Crippen LogP contribution in [0.15, 0.2) is 0 Å². The molecule has 0 saturated heterocycles. The molecule has 8 aliphatic carbocycles. The van der Waals surface area contributed by atoms with Crippen molar-refractivity contribution in [3.8, 4) is 0 Å². The lowest BCUT2D eigenvalue weighted by molar-refractivity contribution is -0.612. The Balaban J connectivity index is 1.44. The van der Waals surface area contributed by atoms with Crippen LogP contribution in [0.1, 0.15) is 74.7 Å². The largest absolute Gasteiger partial charge is 0.0617 e. The van der Waals surface area contributed by atoms with E-state index in [4.69, 9.17) is 0 Å². The van der Waals surface area contributed by atoms with Gasteiger partial charge in [0.1, 0.15) is 0 Å². The van der Waals surface area contributed by atoms with Gasteiger partial charge in [-0.15, -0.1) is 0 Å². The number of hydrogen-bond acceptors (Lipinski definition) is 0. The standard InChI is InChI=1S/C26H38/c1-12-13-9-14-16-18-19-17-15-11-20(2,10-13)22(15,4)24(17,6)26(19,8)25(18,7)23(16,5)21(12,14)3/h12-19H,9-11H2,1-8H3. The first-order valence-electron chi connectivity index (χ1n) is 11.9. The number of hydrogen-bond donors (Lipinski definition) is 0. The third-order valence-corrected chi connectivity index (χ3v) is 16.5. The first-order chi connectivity index (χ1) is 11.9. The van der Waals surface area contributed by atoms with Crippen LogP contribution in [0, 0.1) is 85.2 Å². The zero-order valence-electron chi connectivity index (χ0n) is 18.2. The highest BCUT2D eigenvalue weighted by Gasteiger charge is 3.06. The summed E-state index contributed by atoms with van der Waals surface area (Å²) in [6.45, 7) is 22.2. The normalized spacial score (nSPS) is 88.6. The summed E-state index contributed by atoms with van der Waals surface area (Å²) in [5, 5.41) is 0. The van der Waals surface area contributed by atoms with Crippen LogP contribution in [-0.2, 0) is 0 Å². The quantitative estimate of drug-likeness (QED) is 0.484. The first-order valence-corrected chi connectivity index (χ1v) is 11.9. The molecule has 0 aliphatic heterocycles. The lowest BCUT2D eigenvalue weighted by Crippen LogP contribution is -3.04. The monoisotopic (exact) mass is 350 g/mol. The van der Waals surface area contributed by atoms with E-state index < -0.39 is 0 Å². The molecule has 0 aromatic rings. The Bertz CT molecular complexity index is 841. The van der Waals surface area contributed by atoms with Crippen LogP contribution in [0.4, 0.5) is 0 Å². The zero-order chi connectivity index (χ0) is 18.2. The highest BCUT2D eigenvalue weighted by atomic mass is 15.1. The van der Waals surface area contributed by atoms with Crippen LogP contribution in [-0.4, -0.2) is 0 Å². The summed E-state index contributed by atoms with van der Waals surface area (Å²) in [5.74, 6) is 8.55. The van der Waals surface area contributed by atoms with E-state index in [2.05, 4.69) is 55.4 Å². The predicted octanol–water partition coefficient (Wildman–Crippen LogP) is 6.26. The van der Waals surface area contributed by atoms with Crippen LogP contribution in [0.5, 0.6) is 0 Å². The van der Waals surface area contributed by atoms with Crippen molar-refractivity contribution in [1.29, 1.82) is 0 Å². The molecule has 0 aromatic carbocycles. The fraction of sp³-hybridized carbons (Fsp3) is 1.00. The second kappa shape index (κ2) is 3.02. The minimum Gasteiger partial charge on any atom is -0.0617 e. The van der Waals surface area contributed by atoms with Crippen molar-refractivity contribution < 1.29 is 0 Å². The fourth-order valence-electron chi connectivity index (χ4n) is 15.2. The molecule has 8 aliphatic rings. The maximum absolute atomic E-state index is 2.81. The summed E-state index contributed by atoms with van der Waals surface area (Å²) < 4.78 is 0. The Morgan fingerprint density at radius 3 is 1.77 bits per heavy atom. The predicted molar refractivity (Wildman–Crippen MR) is 104 cm³/mol. The molecule has 0 nitrogen and oxygen atoms in total. The molecule has 0 heterocycles. The van der Waals surface area contributed by atoms with E-state index in [1.807, 2.05) is 0 Å². The zero-order valence-corrected chi connectivity index (χ0v) is 18.2. The van der Waals surface area contributed by atoms with Crippen LogP contribution >= 0.6 is 0 Å². The topological polar surface area (TPSA) is 0 Å².